The van der Waals surface area contributed by atoms with Gasteiger partial charge in [-0.2, -0.15) is 0 Å². The SMILES string of the molecule is CCOC(=O)c1cccnc1Sc1c(Cl)ccc(N2CCOCC2)c1C=N[S+]([O-])C(C)(C)C. The van der Waals surface area contributed by atoms with Crippen molar-refractivity contribution >= 4 is 52.6 Å². The molecule has 1 atom stereocenters. The van der Waals surface area contributed by atoms with E-state index in [9.17, 15) is 9.35 Å². The molecule has 0 aliphatic carbocycles. The smallest absolute Gasteiger partial charge is 0.340 e. The Morgan fingerprint density at radius 3 is 2.76 bits per heavy atom. The molecule has 0 radical (unpaired) electrons. The monoisotopic (exact) mass is 509 g/mol. The molecule has 2 heterocycles. The van der Waals surface area contributed by atoms with Crippen LogP contribution in [0.3, 0.4) is 0 Å². The molecule has 0 N–H and O–H groups in total. The summed E-state index contributed by atoms with van der Waals surface area (Å²) in [6.07, 6.45) is 3.24. The minimum Gasteiger partial charge on any atom is -0.591 e. The number of aromatic nitrogens is 1. The number of morpholine rings is 1. The number of carbonyl (C=O) groups excluding carboxylic acids is 1. The van der Waals surface area contributed by atoms with Crippen LogP contribution >= 0.6 is 23.4 Å². The fourth-order valence-electron chi connectivity index (χ4n) is 3.06. The van der Waals surface area contributed by atoms with E-state index >= 15 is 0 Å². The maximum Gasteiger partial charge on any atom is 0.340 e. The Labute approximate surface area is 207 Å². The van der Waals surface area contributed by atoms with Gasteiger partial charge in [0.05, 0.1) is 36.6 Å². The van der Waals surface area contributed by atoms with Crippen molar-refractivity contribution in [3.8, 4) is 0 Å². The quantitative estimate of drug-likeness (QED) is 0.301. The largest absolute Gasteiger partial charge is 0.591 e. The topological polar surface area (TPSA) is 87.1 Å². The minimum atomic E-state index is -1.44. The van der Waals surface area contributed by atoms with Gasteiger partial charge in [0.25, 0.3) is 0 Å². The van der Waals surface area contributed by atoms with Crippen LogP contribution in [0.15, 0.2) is 44.8 Å². The molecule has 1 aliphatic heterocycles. The van der Waals surface area contributed by atoms with E-state index in [1.165, 1.54) is 11.8 Å². The fraction of sp³-hybridized carbons (Fsp3) is 0.435. The summed E-state index contributed by atoms with van der Waals surface area (Å²) in [6, 6.07) is 7.12. The second-order valence-electron chi connectivity index (χ2n) is 8.18. The summed E-state index contributed by atoms with van der Waals surface area (Å²) < 4.78 is 27.2. The molecule has 10 heteroatoms. The number of hydrogen-bond acceptors (Lipinski definition) is 8. The van der Waals surface area contributed by atoms with Gasteiger partial charge in [0, 0.05) is 35.4 Å². The zero-order valence-corrected chi connectivity index (χ0v) is 21.6. The van der Waals surface area contributed by atoms with Gasteiger partial charge in [-0.05, 0) is 52.0 Å². The Kier molecular flexibility index (Phi) is 9.06. The van der Waals surface area contributed by atoms with Gasteiger partial charge < -0.3 is 18.9 Å². The van der Waals surface area contributed by atoms with Crippen molar-refractivity contribution in [1.82, 2.24) is 4.98 Å². The first-order valence-corrected chi connectivity index (χ1v) is 12.9. The molecule has 1 unspecified atom stereocenters. The van der Waals surface area contributed by atoms with Crippen LogP contribution in [0.4, 0.5) is 5.69 Å². The van der Waals surface area contributed by atoms with Gasteiger partial charge >= 0.3 is 5.97 Å². The van der Waals surface area contributed by atoms with Gasteiger partial charge in [-0.25, -0.2) is 9.78 Å². The summed E-state index contributed by atoms with van der Waals surface area (Å²) in [5.41, 5.74) is 2.00. The first-order chi connectivity index (χ1) is 15.7. The normalized spacial score (nSPS) is 15.6. The maximum absolute atomic E-state index is 12.7. The lowest BCUT2D eigenvalue weighted by Crippen LogP contribution is -2.37. The van der Waals surface area contributed by atoms with Crippen LogP contribution in [0.25, 0.3) is 0 Å². The van der Waals surface area contributed by atoms with Crippen molar-refractivity contribution in [2.45, 2.75) is 42.4 Å². The molecule has 7 nitrogen and oxygen atoms in total. The van der Waals surface area contributed by atoms with E-state index in [-0.39, 0.29) is 6.61 Å². The number of rotatable bonds is 7. The summed E-state index contributed by atoms with van der Waals surface area (Å²) in [4.78, 5) is 19.7. The third-order valence-corrected chi connectivity index (χ3v) is 7.68. The molecule has 178 valence electrons. The fourth-order valence-corrected chi connectivity index (χ4v) is 4.86. The van der Waals surface area contributed by atoms with Crippen molar-refractivity contribution in [3.05, 3.63) is 46.6 Å². The number of nitrogens with zero attached hydrogens (tertiary/aromatic N) is 3. The number of carbonyl (C=O) groups is 1. The molecule has 3 rings (SSSR count). The summed E-state index contributed by atoms with van der Waals surface area (Å²) >= 11 is 6.47. The maximum atomic E-state index is 12.7. The van der Waals surface area contributed by atoms with Gasteiger partial charge in [0.15, 0.2) is 0 Å². The third-order valence-electron chi connectivity index (χ3n) is 4.74. The van der Waals surface area contributed by atoms with Crippen LogP contribution in [-0.4, -0.2) is 59.4 Å². The molecule has 0 spiro atoms. The van der Waals surface area contributed by atoms with E-state index in [2.05, 4.69) is 14.3 Å². The molecular weight excluding hydrogens is 482 g/mol. The molecule has 1 aliphatic rings. The Morgan fingerprint density at radius 2 is 2.09 bits per heavy atom. The average molecular weight is 510 g/mol. The van der Waals surface area contributed by atoms with Crippen molar-refractivity contribution in [2.75, 3.05) is 37.8 Å². The summed E-state index contributed by atoms with van der Waals surface area (Å²) in [7, 11) is 0. The highest BCUT2D eigenvalue weighted by molar-refractivity contribution is 7.99. The van der Waals surface area contributed by atoms with Crippen molar-refractivity contribution in [1.29, 1.82) is 0 Å². The molecule has 33 heavy (non-hydrogen) atoms. The molecule has 0 bridgehead atoms. The molecular formula is C23H28ClN3O4S2. The number of pyridine rings is 1. The van der Waals surface area contributed by atoms with E-state index in [4.69, 9.17) is 21.1 Å². The highest BCUT2D eigenvalue weighted by atomic mass is 35.5. The van der Waals surface area contributed by atoms with Gasteiger partial charge in [0.2, 0.25) is 0 Å². The first-order valence-electron chi connectivity index (χ1n) is 10.6. The molecule has 1 saturated heterocycles. The molecule has 1 fully saturated rings. The van der Waals surface area contributed by atoms with Crippen LogP contribution in [0, 0.1) is 0 Å². The summed E-state index contributed by atoms with van der Waals surface area (Å²) in [5, 5.41) is 0.962. The van der Waals surface area contributed by atoms with Crippen LogP contribution in [0.5, 0.6) is 0 Å². The van der Waals surface area contributed by atoms with Crippen molar-refractivity contribution in [2.24, 2.45) is 4.40 Å². The summed E-state index contributed by atoms with van der Waals surface area (Å²) in [6.45, 7) is 10.3. The lowest BCUT2D eigenvalue weighted by atomic mass is 10.1. The zero-order valence-electron chi connectivity index (χ0n) is 19.2. The van der Waals surface area contributed by atoms with Crippen LogP contribution < -0.4 is 4.90 Å². The number of halogens is 1. The Balaban J connectivity index is 2.09. The number of esters is 1. The van der Waals surface area contributed by atoms with Gasteiger partial charge in [-0.3, -0.25) is 0 Å². The number of ether oxygens (including phenoxy) is 2. The molecule has 2 aromatic rings. The van der Waals surface area contributed by atoms with Crippen molar-refractivity contribution in [3.63, 3.8) is 0 Å². The highest BCUT2D eigenvalue weighted by Crippen LogP contribution is 2.40. The zero-order chi connectivity index (χ0) is 24.0. The predicted octanol–water partition coefficient (Wildman–Crippen LogP) is 4.78. The van der Waals surface area contributed by atoms with Gasteiger partial charge in [-0.15, -0.1) is 0 Å². The van der Waals surface area contributed by atoms with E-state index in [1.54, 1.807) is 31.5 Å². The van der Waals surface area contributed by atoms with Crippen LogP contribution in [-0.2, 0) is 20.8 Å². The number of hydrogen-bond donors (Lipinski definition) is 0. The average Bonchev–Trinajstić information content (AvgIpc) is 2.79. The highest BCUT2D eigenvalue weighted by Gasteiger charge is 2.27. The van der Waals surface area contributed by atoms with E-state index < -0.39 is 22.1 Å². The molecule has 1 aromatic carbocycles. The second kappa shape index (κ2) is 11.6. The number of benzene rings is 1. The summed E-state index contributed by atoms with van der Waals surface area (Å²) in [5.74, 6) is -0.447. The van der Waals surface area contributed by atoms with E-state index in [0.29, 0.717) is 46.8 Å². The third kappa shape index (κ3) is 6.64. The second-order valence-corrected chi connectivity index (χ2v) is 11.5. The van der Waals surface area contributed by atoms with Gasteiger partial charge in [-0.1, -0.05) is 27.8 Å². The van der Waals surface area contributed by atoms with Gasteiger partial charge in [0.1, 0.15) is 21.1 Å². The Morgan fingerprint density at radius 1 is 1.36 bits per heavy atom. The minimum absolute atomic E-state index is 0.266. The first kappa shape index (κ1) is 25.8. The lowest BCUT2D eigenvalue weighted by Gasteiger charge is -2.31. The predicted molar refractivity (Wildman–Crippen MR) is 134 cm³/mol. The number of anilines is 1. The van der Waals surface area contributed by atoms with Crippen molar-refractivity contribution < 1.29 is 18.8 Å². The van der Waals surface area contributed by atoms with Crippen LogP contribution in [0.1, 0.15) is 43.6 Å². The molecule has 0 saturated carbocycles. The molecule has 0 amide bonds. The standard InChI is InChI=1S/C23H28ClN3O4S2/c1-5-31-22(28)16-7-6-10-25-21(16)32-20-17(15-26-33(29)23(2,3)4)19(9-8-18(20)24)27-11-13-30-14-12-27/h6-10,15H,5,11-14H2,1-4H3. The van der Waals surface area contributed by atoms with Crippen LogP contribution in [0.2, 0.25) is 5.02 Å². The lowest BCUT2D eigenvalue weighted by molar-refractivity contribution is 0.0521. The Hall–Kier alpha value is -1.78. The van der Waals surface area contributed by atoms with E-state index in [0.717, 1.165) is 11.3 Å². The van der Waals surface area contributed by atoms with E-state index in [1.807, 2.05) is 32.9 Å². The Bertz CT molecular complexity index is 1010. The molecule has 1 aromatic heterocycles.